The molecule has 0 atom stereocenters. The first kappa shape index (κ1) is 19.2. The van der Waals surface area contributed by atoms with Crippen LogP contribution in [0.1, 0.15) is 43.2 Å². The van der Waals surface area contributed by atoms with Crippen molar-refractivity contribution in [2.45, 2.75) is 45.1 Å². The van der Waals surface area contributed by atoms with Crippen LogP contribution in [0.5, 0.6) is 5.75 Å². The first-order chi connectivity index (χ1) is 13.3. The summed E-state index contributed by atoms with van der Waals surface area (Å²) >= 11 is 0. The molecule has 3 heteroatoms. The molecule has 1 N–H and O–H groups in total. The molecule has 0 aliphatic heterocycles. The predicted molar refractivity (Wildman–Crippen MR) is 110 cm³/mol. The van der Waals surface area contributed by atoms with E-state index >= 15 is 0 Å². The van der Waals surface area contributed by atoms with Gasteiger partial charge in [0.15, 0.2) is 0 Å². The second-order valence-corrected chi connectivity index (χ2v) is 7.22. The Balaban J connectivity index is 1.40. The number of ether oxygens (including phenoxy) is 1. The molecule has 1 fully saturated rings. The van der Waals surface area contributed by atoms with Gasteiger partial charge in [-0.1, -0.05) is 67.8 Å². The Hall–Kier alpha value is -2.55. The van der Waals surface area contributed by atoms with Gasteiger partial charge in [0.25, 0.3) is 0 Å². The quantitative estimate of drug-likeness (QED) is 0.666. The molecule has 0 radical (unpaired) electrons. The van der Waals surface area contributed by atoms with E-state index in [-0.39, 0.29) is 5.91 Å². The van der Waals surface area contributed by atoms with E-state index in [1.54, 1.807) is 6.08 Å². The number of rotatable bonds is 8. The number of nitrogens with one attached hydrogen (secondary N) is 1. The molecule has 0 spiro atoms. The van der Waals surface area contributed by atoms with E-state index < -0.39 is 0 Å². The van der Waals surface area contributed by atoms with Crippen LogP contribution in [-0.4, -0.2) is 12.5 Å². The van der Waals surface area contributed by atoms with Gasteiger partial charge in [0, 0.05) is 6.54 Å². The molecular formula is C24H29NO2. The average Bonchev–Trinajstić information content (AvgIpc) is 2.73. The Morgan fingerprint density at radius 3 is 2.59 bits per heavy atom. The zero-order valence-corrected chi connectivity index (χ0v) is 15.9. The fourth-order valence-electron chi connectivity index (χ4n) is 3.47. The summed E-state index contributed by atoms with van der Waals surface area (Å²) in [6.07, 6.45) is 11.0. The summed E-state index contributed by atoms with van der Waals surface area (Å²) in [6.45, 7) is 1.20. The monoisotopic (exact) mass is 363 g/mol. The molecule has 0 heterocycles. The molecule has 1 aliphatic carbocycles. The Labute approximate surface area is 162 Å². The Kier molecular flexibility index (Phi) is 7.52. The van der Waals surface area contributed by atoms with Crippen LogP contribution in [0, 0.1) is 5.92 Å². The highest BCUT2D eigenvalue weighted by atomic mass is 16.5. The fourth-order valence-corrected chi connectivity index (χ4v) is 3.47. The third-order valence-corrected chi connectivity index (χ3v) is 5.03. The molecule has 0 bridgehead atoms. The van der Waals surface area contributed by atoms with E-state index in [1.165, 1.54) is 32.1 Å². The minimum Gasteiger partial charge on any atom is -0.489 e. The number of amides is 1. The number of allylic oxidation sites excluding steroid dienone is 1. The lowest BCUT2D eigenvalue weighted by atomic mass is 9.89. The van der Waals surface area contributed by atoms with Gasteiger partial charge in [-0.25, -0.2) is 0 Å². The van der Waals surface area contributed by atoms with Gasteiger partial charge in [-0.05, 0) is 54.5 Å². The Morgan fingerprint density at radius 2 is 1.78 bits per heavy atom. The van der Waals surface area contributed by atoms with Crippen LogP contribution in [0.15, 0.2) is 66.7 Å². The second kappa shape index (κ2) is 10.6. The molecule has 0 saturated heterocycles. The van der Waals surface area contributed by atoms with Gasteiger partial charge in [0.1, 0.15) is 12.4 Å². The predicted octanol–water partition coefficient (Wildman–Crippen LogP) is 5.06. The molecule has 3 nitrogen and oxygen atoms in total. The number of carbonyl (C=O) groups is 1. The van der Waals surface area contributed by atoms with E-state index in [9.17, 15) is 4.79 Å². The van der Waals surface area contributed by atoms with Gasteiger partial charge in [-0.2, -0.15) is 0 Å². The van der Waals surface area contributed by atoms with Gasteiger partial charge in [0.05, 0.1) is 0 Å². The van der Waals surface area contributed by atoms with E-state index in [4.69, 9.17) is 4.74 Å². The molecule has 1 amide bonds. The number of hydrogen-bond acceptors (Lipinski definition) is 2. The van der Waals surface area contributed by atoms with Gasteiger partial charge >= 0.3 is 0 Å². The maximum Gasteiger partial charge on any atom is 0.243 e. The zero-order chi connectivity index (χ0) is 18.7. The van der Waals surface area contributed by atoms with E-state index in [1.807, 2.05) is 36.4 Å². The molecule has 27 heavy (non-hydrogen) atoms. The molecule has 3 rings (SSSR count). The third kappa shape index (κ3) is 6.93. The number of carbonyl (C=O) groups excluding carboxylic acids is 1. The largest absolute Gasteiger partial charge is 0.489 e. The Morgan fingerprint density at radius 1 is 1.00 bits per heavy atom. The van der Waals surface area contributed by atoms with Crippen molar-refractivity contribution in [1.29, 1.82) is 0 Å². The molecular weight excluding hydrogens is 334 g/mol. The number of benzene rings is 2. The Bertz CT molecular complexity index is 733. The van der Waals surface area contributed by atoms with E-state index in [2.05, 4.69) is 29.6 Å². The van der Waals surface area contributed by atoms with Gasteiger partial charge in [-0.15, -0.1) is 0 Å². The average molecular weight is 364 g/mol. The van der Waals surface area contributed by atoms with Crippen molar-refractivity contribution in [3.8, 4) is 5.75 Å². The van der Waals surface area contributed by atoms with Crippen LogP contribution in [0.3, 0.4) is 0 Å². The van der Waals surface area contributed by atoms with Crippen LogP contribution in [-0.2, 0) is 17.8 Å². The molecule has 0 aromatic heterocycles. The maximum absolute atomic E-state index is 12.0. The van der Waals surface area contributed by atoms with E-state index in [0.29, 0.717) is 19.1 Å². The first-order valence-corrected chi connectivity index (χ1v) is 10.0. The molecule has 2 aromatic carbocycles. The van der Waals surface area contributed by atoms with Crippen molar-refractivity contribution in [2.24, 2.45) is 5.92 Å². The van der Waals surface area contributed by atoms with E-state index in [0.717, 1.165) is 23.3 Å². The summed E-state index contributed by atoms with van der Waals surface area (Å²) in [5.74, 6) is 1.46. The summed E-state index contributed by atoms with van der Waals surface area (Å²) in [4.78, 5) is 12.0. The molecule has 1 saturated carbocycles. The van der Waals surface area contributed by atoms with Gasteiger partial charge in [-0.3, -0.25) is 4.79 Å². The highest BCUT2D eigenvalue weighted by molar-refractivity contribution is 5.87. The minimum absolute atomic E-state index is 0.0112. The summed E-state index contributed by atoms with van der Waals surface area (Å²) in [7, 11) is 0. The first-order valence-electron chi connectivity index (χ1n) is 10.0. The lowest BCUT2D eigenvalue weighted by Crippen LogP contribution is -2.23. The van der Waals surface area contributed by atoms with Crippen LogP contribution in [0.25, 0.3) is 0 Å². The highest BCUT2D eigenvalue weighted by Gasteiger charge is 2.10. The molecule has 142 valence electrons. The van der Waals surface area contributed by atoms with Crippen LogP contribution in [0.4, 0.5) is 0 Å². The van der Waals surface area contributed by atoms with Crippen molar-refractivity contribution >= 4 is 5.91 Å². The maximum atomic E-state index is 12.0. The standard InChI is InChI=1S/C24H29NO2/c26-24(15-14-20-8-3-1-4-9-20)25-17-16-21-12-7-13-23(18-21)27-19-22-10-5-2-6-11-22/h2,5-7,10-15,18,20H,1,3-4,8-9,16-17,19H2,(H,25,26)/b15-14+. The minimum atomic E-state index is 0.0112. The van der Waals surface area contributed by atoms with Crippen molar-refractivity contribution in [1.82, 2.24) is 5.32 Å². The fraction of sp³-hybridized carbons (Fsp3) is 0.375. The van der Waals surface area contributed by atoms with Crippen LogP contribution >= 0.6 is 0 Å². The van der Waals surface area contributed by atoms with Gasteiger partial charge < -0.3 is 10.1 Å². The summed E-state index contributed by atoms with van der Waals surface area (Å²) in [6, 6.07) is 18.2. The lowest BCUT2D eigenvalue weighted by molar-refractivity contribution is -0.116. The van der Waals surface area contributed by atoms with Crippen LogP contribution < -0.4 is 10.1 Å². The normalized spacial score (nSPS) is 15.0. The van der Waals surface area contributed by atoms with Crippen molar-refractivity contribution < 1.29 is 9.53 Å². The highest BCUT2D eigenvalue weighted by Crippen LogP contribution is 2.24. The number of hydrogen-bond donors (Lipinski definition) is 1. The summed E-state index contributed by atoms with van der Waals surface area (Å²) < 4.78 is 5.87. The zero-order valence-electron chi connectivity index (χ0n) is 15.9. The molecule has 2 aromatic rings. The summed E-state index contributed by atoms with van der Waals surface area (Å²) in [5.41, 5.74) is 2.32. The smallest absolute Gasteiger partial charge is 0.243 e. The topological polar surface area (TPSA) is 38.3 Å². The third-order valence-electron chi connectivity index (χ3n) is 5.03. The van der Waals surface area contributed by atoms with Crippen molar-refractivity contribution in [3.05, 3.63) is 77.9 Å². The summed E-state index contributed by atoms with van der Waals surface area (Å²) in [5, 5.41) is 2.98. The molecule has 1 aliphatic rings. The van der Waals surface area contributed by atoms with Crippen molar-refractivity contribution in [2.75, 3.05) is 6.54 Å². The van der Waals surface area contributed by atoms with Gasteiger partial charge in [0.2, 0.25) is 5.91 Å². The SMILES string of the molecule is O=C(/C=C/C1CCCCC1)NCCc1cccc(OCc2ccccc2)c1. The van der Waals surface area contributed by atoms with Crippen molar-refractivity contribution in [3.63, 3.8) is 0 Å². The molecule has 0 unspecified atom stereocenters. The lowest BCUT2D eigenvalue weighted by Gasteiger charge is -2.17. The van der Waals surface area contributed by atoms with Crippen LogP contribution in [0.2, 0.25) is 0 Å². The second-order valence-electron chi connectivity index (χ2n) is 7.22.